The second-order valence-electron chi connectivity index (χ2n) is 6.29. The molecule has 2 rings (SSSR count). The predicted octanol–water partition coefficient (Wildman–Crippen LogP) is 3.17. The van der Waals surface area contributed by atoms with Gasteiger partial charge < -0.3 is 10.5 Å². The Morgan fingerprint density at radius 3 is 2.55 bits per heavy atom. The lowest BCUT2D eigenvalue weighted by molar-refractivity contribution is 0.109. The first-order valence-corrected chi connectivity index (χ1v) is 7.68. The summed E-state index contributed by atoms with van der Waals surface area (Å²) in [6, 6.07) is 6.41. The van der Waals surface area contributed by atoms with E-state index in [1.807, 2.05) is 0 Å². The van der Waals surface area contributed by atoms with Crippen LogP contribution in [0.1, 0.15) is 44.2 Å². The normalized spacial score (nSPS) is 19.0. The van der Waals surface area contributed by atoms with Crippen LogP contribution in [0.2, 0.25) is 0 Å². The smallest absolute Gasteiger partial charge is 0.123 e. The van der Waals surface area contributed by atoms with Crippen molar-refractivity contribution in [2.45, 2.75) is 46.2 Å². The molecule has 0 aliphatic carbocycles. The molecule has 20 heavy (non-hydrogen) atoms. The van der Waals surface area contributed by atoms with Gasteiger partial charge in [-0.05, 0) is 43.0 Å². The fourth-order valence-electron chi connectivity index (χ4n) is 2.92. The quantitative estimate of drug-likeness (QED) is 0.897. The molecule has 1 heterocycles. The molecule has 112 valence electrons. The monoisotopic (exact) mass is 276 g/mol. The van der Waals surface area contributed by atoms with Gasteiger partial charge in [0.2, 0.25) is 0 Å². The van der Waals surface area contributed by atoms with Gasteiger partial charge in [0.15, 0.2) is 0 Å². The summed E-state index contributed by atoms with van der Waals surface area (Å²) in [5.74, 6) is 0.917. The summed E-state index contributed by atoms with van der Waals surface area (Å²) in [5.41, 5.74) is 8.66. The van der Waals surface area contributed by atoms with Gasteiger partial charge in [0.05, 0.1) is 7.11 Å². The van der Waals surface area contributed by atoms with Crippen molar-refractivity contribution in [1.82, 2.24) is 4.90 Å². The molecule has 1 aromatic carbocycles. The second kappa shape index (κ2) is 6.59. The predicted molar refractivity (Wildman–Crippen MR) is 83.8 cm³/mol. The summed E-state index contributed by atoms with van der Waals surface area (Å²) in [5, 5.41) is 0. The van der Waals surface area contributed by atoms with Gasteiger partial charge in [0, 0.05) is 18.7 Å². The van der Waals surface area contributed by atoms with Crippen molar-refractivity contribution in [3.63, 3.8) is 0 Å². The topological polar surface area (TPSA) is 38.5 Å². The van der Waals surface area contributed by atoms with Crippen molar-refractivity contribution in [3.8, 4) is 5.75 Å². The number of likely N-dealkylation sites (tertiary alicyclic amines) is 1. The van der Waals surface area contributed by atoms with Gasteiger partial charge >= 0.3 is 0 Å². The Bertz CT molecular complexity index is 437. The molecule has 0 atom stereocenters. The zero-order valence-electron chi connectivity index (χ0n) is 13.1. The van der Waals surface area contributed by atoms with Crippen molar-refractivity contribution < 1.29 is 4.74 Å². The number of piperidine rings is 1. The van der Waals surface area contributed by atoms with Crippen molar-refractivity contribution >= 4 is 0 Å². The van der Waals surface area contributed by atoms with E-state index in [4.69, 9.17) is 10.5 Å². The van der Waals surface area contributed by atoms with Crippen molar-refractivity contribution in [1.29, 1.82) is 0 Å². The number of hydrogen-bond donors (Lipinski definition) is 1. The van der Waals surface area contributed by atoms with E-state index in [0.717, 1.165) is 17.9 Å². The highest BCUT2D eigenvalue weighted by atomic mass is 16.5. The first-order chi connectivity index (χ1) is 9.60. The van der Waals surface area contributed by atoms with Crippen molar-refractivity contribution in [2.75, 3.05) is 20.2 Å². The molecule has 0 amide bonds. The molecule has 0 unspecified atom stereocenters. The van der Waals surface area contributed by atoms with Gasteiger partial charge in [0.1, 0.15) is 5.75 Å². The summed E-state index contributed by atoms with van der Waals surface area (Å²) in [4.78, 5) is 2.55. The molecule has 3 heteroatoms. The summed E-state index contributed by atoms with van der Waals surface area (Å²) >= 11 is 0. The SMILES string of the molecule is CCC1(C)CCN(Cc2ccc(CN)c(OC)c2)CC1. The van der Waals surface area contributed by atoms with E-state index in [2.05, 4.69) is 36.9 Å². The highest BCUT2D eigenvalue weighted by molar-refractivity contribution is 5.37. The van der Waals surface area contributed by atoms with Crippen LogP contribution in [0, 0.1) is 5.41 Å². The molecule has 3 nitrogen and oxygen atoms in total. The third kappa shape index (κ3) is 3.53. The van der Waals surface area contributed by atoms with Crippen LogP contribution in [0.25, 0.3) is 0 Å². The molecule has 1 aliphatic rings. The zero-order chi connectivity index (χ0) is 14.6. The Balaban J connectivity index is 1.98. The minimum atomic E-state index is 0.530. The number of nitrogens with two attached hydrogens (primary N) is 1. The van der Waals surface area contributed by atoms with Crippen LogP contribution >= 0.6 is 0 Å². The van der Waals surface area contributed by atoms with Crippen molar-refractivity contribution in [3.05, 3.63) is 29.3 Å². The summed E-state index contributed by atoms with van der Waals surface area (Å²) in [7, 11) is 1.71. The lowest BCUT2D eigenvalue weighted by Crippen LogP contribution is -2.37. The first kappa shape index (κ1) is 15.3. The molecular weight excluding hydrogens is 248 g/mol. The average molecular weight is 276 g/mol. The minimum Gasteiger partial charge on any atom is -0.496 e. The van der Waals surface area contributed by atoms with Crippen LogP contribution < -0.4 is 10.5 Å². The minimum absolute atomic E-state index is 0.530. The maximum Gasteiger partial charge on any atom is 0.123 e. The highest BCUT2D eigenvalue weighted by Crippen LogP contribution is 2.34. The van der Waals surface area contributed by atoms with Crippen molar-refractivity contribution in [2.24, 2.45) is 11.1 Å². The van der Waals surface area contributed by atoms with Gasteiger partial charge in [0.25, 0.3) is 0 Å². The molecule has 1 saturated heterocycles. The molecule has 1 aliphatic heterocycles. The molecule has 0 bridgehead atoms. The fraction of sp³-hybridized carbons (Fsp3) is 0.647. The number of hydrogen-bond acceptors (Lipinski definition) is 3. The van der Waals surface area contributed by atoms with Gasteiger partial charge in [-0.25, -0.2) is 0 Å². The molecular formula is C17H28N2O. The van der Waals surface area contributed by atoms with E-state index in [9.17, 15) is 0 Å². The molecule has 1 fully saturated rings. The summed E-state index contributed by atoms with van der Waals surface area (Å²) < 4.78 is 5.42. The third-order valence-electron chi connectivity index (χ3n) is 4.89. The first-order valence-electron chi connectivity index (χ1n) is 7.68. The Morgan fingerprint density at radius 1 is 1.30 bits per heavy atom. The van der Waals surface area contributed by atoms with Crippen LogP contribution in [0.4, 0.5) is 0 Å². The van der Waals surface area contributed by atoms with Gasteiger partial charge in [-0.1, -0.05) is 32.4 Å². The van der Waals surface area contributed by atoms with Crippen LogP contribution in [-0.2, 0) is 13.1 Å². The summed E-state index contributed by atoms with van der Waals surface area (Å²) in [6.45, 7) is 8.68. The van der Waals surface area contributed by atoms with Crippen LogP contribution in [0.3, 0.4) is 0 Å². The Labute approximate surface area is 123 Å². The Kier molecular flexibility index (Phi) is 5.06. The van der Waals surface area contributed by atoms with Crippen LogP contribution in [0.5, 0.6) is 5.75 Å². The fourth-order valence-corrected chi connectivity index (χ4v) is 2.92. The third-order valence-corrected chi connectivity index (χ3v) is 4.89. The summed E-state index contributed by atoms with van der Waals surface area (Å²) in [6.07, 6.45) is 3.91. The number of methoxy groups -OCH3 is 1. The van der Waals surface area contributed by atoms with E-state index < -0.39 is 0 Å². The van der Waals surface area contributed by atoms with Gasteiger partial charge in [-0.3, -0.25) is 4.90 Å². The standard InChI is InChI=1S/C17H28N2O/c1-4-17(2)7-9-19(10-8-17)13-14-5-6-15(12-18)16(11-14)20-3/h5-6,11H,4,7-10,12-13,18H2,1-3H3. The lowest BCUT2D eigenvalue weighted by atomic mass is 9.78. The molecule has 0 saturated carbocycles. The highest BCUT2D eigenvalue weighted by Gasteiger charge is 2.28. The number of nitrogens with zero attached hydrogens (tertiary/aromatic N) is 1. The maximum atomic E-state index is 5.72. The number of ether oxygens (including phenoxy) is 1. The maximum absolute atomic E-state index is 5.72. The van der Waals surface area contributed by atoms with Gasteiger partial charge in [-0.2, -0.15) is 0 Å². The Hall–Kier alpha value is -1.06. The molecule has 0 spiro atoms. The van der Waals surface area contributed by atoms with E-state index in [1.54, 1.807) is 7.11 Å². The van der Waals surface area contributed by atoms with Gasteiger partial charge in [-0.15, -0.1) is 0 Å². The molecule has 2 N–H and O–H groups in total. The van der Waals surface area contributed by atoms with E-state index in [0.29, 0.717) is 12.0 Å². The lowest BCUT2D eigenvalue weighted by Gasteiger charge is -2.39. The van der Waals surface area contributed by atoms with Crippen LogP contribution in [-0.4, -0.2) is 25.1 Å². The molecule has 1 aromatic rings. The largest absolute Gasteiger partial charge is 0.496 e. The number of benzene rings is 1. The average Bonchev–Trinajstić information content (AvgIpc) is 2.49. The van der Waals surface area contributed by atoms with E-state index >= 15 is 0 Å². The molecule has 0 radical (unpaired) electrons. The molecule has 0 aromatic heterocycles. The van der Waals surface area contributed by atoms with E-state index in [1.165, 1.54) is 37.9 Å². The number of rotatable bonds is 5. The second-order valence-corrected chi connectivity index (χ2v) is 6.29. The van der Waals surface area contributed by atoms with Crippen LogP contribution in [0.15, 0.2) is 18.2 Å². The Morgan fingerprint density at radius 2 is 2.00 bits per heavy atom. The zero-order valence-corrected chi connectivity index (χ0v) is 13.1. The van der Waals surface area contributed by atoms with E-state index in [-0.39, 0.29) is 0 Å².